The number of aromatic nitrogens is 2. The van der Waals surface area contributed by atoms with Gasteiger partial charge in [-0.1, -0.05) is 18.6 Å². The summed E-state index contributed by atoms with van der Waals surface area (Å²) >= 11 is 0. The van der Waals surface area contributed by atoms with Gasteiger partial charge in [0.15, 0.2) is 0 Å². The number of hydrogen-bond donors (Lipinski definition) is 1. The Morgan fingerprint density at radius 3 is 2.77 bits per heavy atom. The van der Waals surface area contributed by atoms with Crippen molar-refractivity contribution >= 4 is 22.8 Å². The highest BCUT2D eigenvalue weighted by Crippen LogP contribution is 2.34. The van der Waals surface area contributed by atoms with Crippen LogP contribution in [0.1, 0.15) is 30.9 Å². The third kappa shape index (κ3) is 3.85. The average Bonchev–Trinajstić information content (AvgIpc) is 3.41. The summed E-state index contributed by atoms with van der Waals surface area (Å²) < 4.78 is 11.3. The number of carbonyl (C=O) groups is 1. The maximum atomic E-state index is 12.4. The lowest BCUT2D eigenvalue weighted by molar-refractivity contribution is 0.179. The van der Waals surface area contributed by atoms with E-state index in [0.29, 0.717) is 13.2 Å². The van der Waals surface area contributed by atoms with E-state index in [1.807, 2.05) is 42.5 Å². The second-order valence-electron chi connectivity index (χ2n) is 7.89. The zero-order chi connectivity index (χ0) is 20.3. The van der Waals surface area contributed by atoms with Crippen molar-refractivity contribution in [3.05, 3.63) is 54.4 Å². The largest absolute Gasteiger partial charge is 0.492 e. The number of cyclic esters (lactones) is 1. The van der Waals surface area contributed by atoms with Gasteiger partial charge in [0.1, 0.15) is 19.0 Å². The summed E-state index contributed by atoms with van der Waals surface area (Å²) in [5, 5.41) is 0. The van der Waals surface area contributed by atoms with Crippen LogP contribution in [0.3, 0.4) is 0 Å². The van der Waals surface area contributed by atoms with Gasteiger partial charge in [0.25, 0.3) is 0 Å². The average molecular weight is 406 g/mol. The van der Waals surface area contributed by atoms with Crippen LogP contribution in [0.4, 0.5) is 10.5 Å². The number of nitrogens with zero attached hydrogens (tertiary/aromatic N) is 3. The molecule has 156 valence electrons. The van der Waals surface area contributed by atoms with Crippen LogP contribution in [-0.4, -0.2) is 53.8 Å². The lowest BCUT2D eigenvalue weighted by atomic mass is 10.1. The minimum atomic E-state index is -0.333. The third-order valence-corrected chi connectivity index (χ3v) is 5.94. The van der Waals surface area contributed by atoms with Crippen LogP contribution in [0, 0.1) is 0 Å². The van der Waals surface area contributed by atoms with Gasteiger partial charge in [-0.05, 0) is 61.8 Å². The van der Waals surface area contributed by atoms with Crippen LogP contribution in [0.5, 0.6) is 5.75 Å². The molecular formula is C23H26N4O3. The zero-order valence-electron chi connectivity index (χ0n) is 16.9. The maximum Gasteiger partial charge on any atom is 0.415 e. The van der Waals surface area contributed by atoms with Crippen LogP contribution in [0.25, 0.3) is 11.0 Å². The number of piperidine rings is 1. The first-order chi connectivity index (χ1) is 14.8. The first-order valence-corrected chi connectivity index (χ1v) is 10.6. The first kappa shape index (κ1) is 18.9. The molecule has 7 nitrogen and oxygen atoms in total. The minimum absolute atomic E-state index is 0.166. The number of rotatable bonds is 6. The fourth-order valence-electron chi connectivity index (χ4n) is 4.29. The molecule has 2 aliphatic heterocycles. The summed E-state index contributed by atoms with van der Waals surface area (Å²) in [6.07, 6.45) is 5.25. The Kier molecular flexibility index (Phi) is 5.27. The molecule has 0 unspecified atom stereocenters. The Morgan fingerprint density at radius 2 is 1.93 bits per heavy atom. The molecule has 2 saturated heterocycles. The van der Waals surface area contributed by atoms with Crippen molar-refractivity contribution in [2.75, 3.05) is 37.7 Å². The molecular weight excluding hydrogens is 380 g/mol. The molecule has 2 aliphatic rings. The number of amides is 1. The Hall–Kier alpha value is -3.06. The predicted molar refractivity (Wildman–Crippen MR) is 115 cm³/mol. The number of aromatic amines is 1. The van der Waals surface area contributed by atoms with E-state index in [2.05, 4.69) is 14.9 Å². The Balaban J connectivity index is 1.26. The molecule has 3 aromatic rings. The molecule has 1 aromatic heterocycles. The van der Waals surface area contributed by atoms with E-state index < -0.39 is 0 Å². The first-order valence-electron chi connectivity index (χ1n) is 10.6. The van der Waals surface area contributed by atoms with Gasteiger partial charge in [-0.3, -0.25) is 9.80 Å². The van der Waals surface area contributed by atoms with Gasteiger partial charge in [-0.15, -0.1) is 0 Å². The highest BCUT2D eigenvalue weighted by molar-refractivity contribution is 5.93. The van der Waals surface area contributed by atoms with Crippen molar-refractivity contribution in [2.45, 2.75) is 25.3 Å². The van der Waals surface area contributed by atoms with Gasteiger partial charge in [0.2, 0.25) is 0 Å². The van der Waals surface area contributed by atoms with E-state index in [-0.39, 0.29) is 12.1 Å². The molecule has 1 amide bonds. The number of ether oxygens (including phenoxy) is 2. The van der Waals surface area contributed by atoms with Crippen molar-refractivity contribution in [3.63, 3.8) is 0 Å². The normalized spacial score (nSPS) is 19.9. The van der Waals surface area contributed by atoms with Crippen LogP contribution >= 0.6 is 0 Å². The lowest BCUT2D eigenvalue weighted by Crippen LogP contribution is -2.33. The molecule has 2 aromatic carbocycles. The Labute approximate surface area is 175 Å². The summed E-state index contributed by atoms with van der Waals surface area (Å²) in [6.45, 7) is 4.35. The number of benzene rings is 2. The smallest absolute Gasteiger partial charge is 0.415 e. The summed E-state index contributed by atoms with van der Waals surface area (Å²) in [7, 11) is 0. The molecule has 1 N–H and O–H groups in total. The molecule has 5 rings (SSSR count). The number of likely N-dealkylation sites (tertiary alicyclic amines) is 1. The van der Waals surface area contributed by atoms with E-state index in [0.717, 1.165) is 34.6 Å². The second-order valence-corrected chi connectivity index (χ2v) is 7.89. The van der Waals surface area contributed by atoms with Crippen LogP contribution in [0.2, 0.25) is 0 Å². The van der Waals surface area contributed by atoms with Gasteiger partial charge < -0.3 is 14.5 Å². The van der Waals surface area contributed by atoms with Crippen molar-refractivity contribution in [3.8, 4) is 5.75 Å². The number of imidazole rings is 1. The molecule has 3 heterocycles. The van der Waals surface area contributed by atoms with Crippen LogP contribution in [-0.2, 0) is 4.74 Å². The summed E-state index contributed by atoms with van der Waals surface area (Å²) in [6, 6.07) is 13.6. The zero-order valence-corrected chi connectivity index (χ0v) is 16.9. The Morgan fingerprint density at radius 1 is 1.10 bits per heavy atom. The summed E-state index contributed by atoms with van der Waals surface area (Å²) in [5.74, 6) is 0.853. The minimum Gasteiger partial charge on any atom is -0.492 e. The van der Waals surface area contributed by atoms with Gasteiger partial charge in [0.05, 0.1) is 29.1 Å². The van der Waals surface area contributed by atoms with Gasteiger partial charge in [-0.2, -0.15) is 0 Å². The molecule has 1 atom stereocenters. The second kappa shape index (κ2) is 8.36. The van der Waals surface area contributed by atoms with Crippen molar-refractivity contribution in [2.24, 2.45) is 0 Å². The molecule has 7 heteroatoms. The predicted octanol–water partition coefficient (Wildman–Crippen LogP) is 4.13. The summed E-state index contributed by atoms with van der Waals surface area (Å²) in [5.41, 5.74) is 3.58. The fraction of sp³-hybridized carbons (Fsp3) is 0.391. The van der Waals surface area contributed by atoms with Crippen molar-refractivity contribution in [1.29, 1.82) is 0 Å². The highest BCUT2D eigenvalue weighted by atomic mass is 16.6. The number of hydrogen-bond acceptors (Lipinski definition) is 5. The van der Waals surface area contributed by atoms with E-state index in [9.17, 15) is 4.79 Å². The number of carbonyl (C=O) groups excluding carboxylic acids is 1. The molecule has 0 saturated carbocycles. The number of H-pyrrole nitrogens is 1. The van der Waals surface area contributed by atoms with Gasteiger partial charge in [0, 0.05) is 6.54 Å². The SMILES string of the molecule is O=C1OC[C@H](c2ccc(OCCN3CCCCC3)cc2)N1c1ccc2nc[nH]c2c1. The molecule has 0 radical (unpaired) electrons. The Bertz CT molecular complexity index is 1010. The van der Waals surface area contributed by atoms with E-state index in [1.165, 1.54) is 32.4 Å². The fourth-order valence-corrected chi connectivity index (χ4v) is 4.29. The van der Waals surface area contributed by atoms with Crippen molar-refractivity contribution < 1.29 is 14.3 Å². The number of anilines is 1. The maximum absolute atomic E-state index is 12.4. The quantitative estimate of drug-likeness (QED) is 0.667. The van der Waals surface area contributed by atoms with Gasteiger partial charge >= 0.3 is 6.09 Å². The molecule has 0 spiro atoms. The standard InChI is InChI=1S/C23H26N4O3/c28-23-27(18-6-9-20-21(14-18)25-16-24-20)22(15-30-23)17-4-7-19(8-5-17)29-13-12-26-10-2-1-3-11-26/h4-9,14,16,22H,1-3,10-13,15H2,(H,24,25)/t22-/m1/s1. The number of nitrogens with one attached hydrogen (secondary N) is 1. The molecule has 0 aliphatic carbocycles. The highest BCUT2D eigenvalue weighted by Gasteiger charge is 2.35. The number of fused-ring (bicyclic) bond motifs is 1. The molecule has 0 bridgehead atoms. The lowest BCUT2D eigenvalue weighted by Gasteiger charge is -2.26. The van der Waals surface area contributed by atoms with E-state index in [1.54, 1.807) is 11.2 Å². The molecule has 30 heavy (non-hydrogen) atoms. The monoisotopic (exact) mass is 406 g/mol. The van der Waals surface area contributed by atoms with Crippen LogP contribution in [0.15, 0.2) is 48.8 Å². The third-order valence-electron chi connectivity index (χ3n) is 5.94. The topological polar surface area (TPSA) is 70.7 Å². The van der Waals surface area contributed by atoms with Gasteiger partial charge in [-0.25, -0.2) is 9.78 Å². The molecule has 2 fully saturated rings. The summed E-state index contributed by atoms with van der Waals surface area (Å²) in [4.78, 5) is 23.9. The van der Waals surface area contributed by atoms with E-state index >= 15 is 0 Å². The van der Waals surface area contributed by atoms with E-state index in [4.69, 9.17) is 9.47 Å². The van der Waals surface area contributed by atoms with Crippen LogP contribution < -0.4 is 9.64 Å². The van der Waals surface area contributed by atoms with Crippen molar-refractivity contribution in [1.82, 2.24) is 14.9 Å².